The summed E-state index contributed by atoms with van der Waals surface area (Å²) in [6.45, 7) is 10.1. The highest BCUT2D eigenvalue weighted by molar-refractivity contribution is 5.80. The number of carboxylic acids is 2. The van der Waals surface area contributed by atoms with Crippen LogP contribution >= 0.6 is 0 Å². The van der Waals surface area contributed by atoms with Crippen LogP contribution in [0.4, 0.5) is 0 Å². The fourth-order valence-corrected chi connectivity index (χ4v) is 1.84. The molecule has 0 atom stereocenters. The van der Waals surface area contributed by atoms with E-state index in [9.17, 15) is 9.59 Å². The topological polar surface area (TPSA) is 74.6 Å². The van der Waals surface area contributed by atoms with Gasteiger partial charge in [0.2, 0.25) is 0 Å². The van der Waals surface area contributed by atoms with Crippen LogP contribution in [0.5, 0.6) is 0 Å². The number of unbranched alkanes of at least 4 members (excludes halogenated alkanes) is 8. The highest BCUT2D eigenvalue weighted by Gasteiger charge is 1.96. The standard InChI is InChI=1S/C12H24O2.C6H8O2.C2H4/c1-2-3-4-5-6-7-8-9-10-11-12(13)14;1-2-3-4-5-6(7)8;1-2/h2-11H2,1H3,(H,13,14);2-5H,1H3,(H,7,8);1-2H2/b;3-2+,5-4+;. The summed E-state index contributed by atoms with van der Waals surface area (Å²) >= 11 is 0. The second kappa shape index (κ2) is 26.1. The minimum Gasteiger partial charge on any atom is -0.481 e. The number of rotatable bonds is 12. The summed E-state index contributed by atoms with van der Waals surface area (Å²) < 4.78 is 0. The van der Waals surface area contributed by atoms with Gasteiger partial charge in [0.1, 0.15) is 0 Å². The second-order valence-electron chi connectivity index (χ2n) is 5.20. The Morgan fingerprint density at radius 1 is 0.833 bits per heavy atom. The van der Waals surface area contributed by atoms with Gasteiger partial charge < -0.3 is 10.2 Å². The van der Waals surface area contributed by atoms with E-state index in [0.29, 0.717) is 6.42 Å². The minimum atomic E-state index is -0.914. The summed E-state index contributed by atoms with van der Waals surface area (Å²) in [6, 6.07) is 0. The third-order valence-electron chi connectivity index (χ3n) is 3.04. The van der Waals surface area contributed by atoms with E-state index >= 15 is 0 Å². The zero-order valence-electron chi connectivity index (χ0n) is 15.5. The number of aliphatic carboxylic acids is 2. The van der Waals surface area contributed by atoms with Crippen LogP contribution in [0.3, 0.4) is 0 Å². The van der Waals surface area contributed by atoms with Crippen LogP contribution in [0.25, 0.3) is 0 Å². The Morgan fingerprint density at radius 2 is 1.29 bits per heavy atom. The number of allylic oxidation sites excluding steroid dienone is 3. The Balaban J connectivity index is -0.000000374. The predicted octanol–water partition coefficient (Wildman–Crippen LogP) is 6.00. The van der Waals surface area contributed by atoms with Crippen molar-refractivity contribution < 1.29 is 19.8 Å². The number of carbonyl (C=O) groups is 2. The van der Waals surface area contributed by atoms with Gasteiger partial charge in [-0.1, -0.05) is 76.5 Å². The fourth-order valence-electron chi connectivity index (χ4n) is 1.84. The highest BCUT2D eigenvalue weighted by Crippen LogP contribution is 2.10. The van der Waals surface area contributed by atoms with Crippen LogP contribution in [0.15, 0.2) is 37.5 Å². The Labute approximate surface area is 148 Å². The van der Waals surface area contributed by atoms with E-state index in [1.54, 1.807) is 12.2 Å². The molecule has 0 unspecified atom stereocenters. The number of carboxylic acid groups (broad SMARTS) is 2. The van der Waals surface area contributed by atoms with Gasteiger partial charge in [-0.05, 0) is 13.3 Å². The first-order valence-corrected chi connectivity index (χ1v) is 8.78. The van der Waals surface area contributed by atoms with Crippen molar-refractivity contribution in [3.8, 4) is 0 Å². The molecule has 4 heteroatoms. The molecule has 0 fully saturated rings. The van der Waals surface area contributed by atoms with Crippen LogP contribution in [0, 0.1) is 0 Å². The van der Waals surface area contributed by atoms with Crippen molar-refractivity contribution in [2.45, 2.75) is 78.1 Å². The SMILES string of the molecule is C/C=C/C=C/C(=O)O.C=C.CCCCCCCCCCCC(=O)O. The van der Waals surface area contributed by atoms with Gasteiger partial charge >= 0.3 is 11.9 Å². The first kappa shape index (κ1) is 27.0. The second-order valence-corrected chi connectivity index (χ2v) is 5.20. The quantitative estimate of drug-likeness (QED) is 0.198. The lowest BCUT2D eigenvalue weighted by Crippen LogP contribution is -1.93. The molecule has 0 saturated heterocycles. The zero-order chi connectivity index (χ0) is 19.1. The van der Waals surface area contributed by atoms with Crippen molar-refractivity contribution in [1.82, 2.24) is 0 Å². The molecule has 0 aliphatic heterocycles. The molecule has 0 heterocycles. The first-order valence-electron chi connectivity index (χ1n) is 8.78. The molecule has 0 aromatic rings. The minimum absolute atomic E-state index is 0.343. The third-order valence-corrected chi connectivity index (χ3v) is 3.04. The molecule has 0 spiro atoms. The molecule has 0 aromatic carbocycles. The lowest BCUT2D eigenvalue weighted by Gasteiger charge is -2.00. The van der Waals surface area contributed by atoms with Crippen LogP contribution in [0.1, 0.15) is 78.1 Å². The van der Waals surface area contributed by atoms with Crippen molar-refractivity contribution in [3.05, 3.63) is 37.5 Å². The molecule has 2 N–H and O–H groups in total. The summed E-state index contributed by atoms with van der Waals surface area (Å²) in [5, 5.41) is 16.4. The molecular weight excluding hydrogens is 304 g/mol. The molecule has 0 saturated carbocycles. The molecule has 0 rings (SSSR count). The summed E-state index contributed by atoms with van der Waals surface area (Å²) in [5.41, 5.74) is 0. The Morgan fingerprint density at radius 3 is 1.67 bits per heavy atom. The van der Waals surface area contributed by atoms with Crippen molar-refractivity contribution in [3.63, 3.8) is 0 Å². The van der Waals surface area contributed by atoms with E-state index in [1.807, 2.05) is 6.92 Å². The molecule has 0 aliphatic carbocycles. The molecule has 4 nitrogen and oxygen atoms in total. The van der Waals surface area contributed by atoms with Crippen molar-refractivity contribution in [1.29, 1.82) is 0 Å². The van der Waals surface area contributed by atoms with Gasteiger partial charge in [0.25, 0.3) is 0 Å². The number of hydrogen-bond donors (Lipinski definition) is 2. The van der Waals surface area contributed by atoms with E-state index in [2.05, 4.69) is 20.1 Å². The zero-order valence-corrected chi connectivity index (χ0v) is 15.5. The third kappa shape index (κ3) is 36.9. The summed E-state index contributed by atoms with van der Waals surface area (Å²) in [6.07, 6.45) is 17.5. The summed E-state index contributed by atoms with van der Waals surface area (Å²) in [7, 11) is 0. The predicted molar refractivity (Wildman–Crippen MR) is 102 cm³/mol. The van der Waals surface area contributed by atoms with Gasteiger partial charge in [-0.2, -0.15) is 0 Å². The molecule has 0 aromatic heterocycles. The molecule has 0 amide bonds. The monoisotopic (exact) mass is 340 g/mol. The maximum absolute atomic E-state index is 10.2. The molecular formula is C20H36O4. The maximum Gasteiger partial charge on any atom is 0.328 e. The van der Waals surface area contributed by atoms with Gasteiger partial charge in [-0.15, -0.1) is 13.2 Å². The maximum atomic E-state index is 10.2. The van der Waals surface area contributed by atoms with E-state index in [1.165, 1.54) is 51.0 Å². The lowest BCUT2D eigenvalue weighted by atomic mass is 10.1. The van der Waals surface area contributed by atoms with Crippen molar-refractivity contribution in [2.75, 3.05) is 0 Å². The van der Waals surface area contributed by atoms with Crippen LogP contribution in [-0.4, -0.2) is 22.2 Å². The normalized spacial score (nSPS) is 9.92. The van der Waals surface area contributed by atoms with E-state index in [4.69, 9.17) is 10.2 Å². The summed E-state index contributed by atoms with van der Waals surface area (Å²) in [4.78, 5) is 20.0. The molecule has 24 heavy (non-hydrogen) atoms. The molecule has 0 aliphatic rings. The fraction of sp³-hybridized carbons (Fsp3) is 0.600. The van der Waals surface area contributed by atoms with Crippen LogP contribution < -0.4 is 0 Å². The van der Waals surface area contributed by atoms with Gasteiger partial charge in [0, 0.05) is 12.5 Å². The van der Waals surface area contributed by atoms with E-state index < -0.39 is 11.9 Å². The summed E-state index contributed by atoms with van der Waals surface area (Å²) in [5.74, 6) is -1.57. The Kier molecular flexibility index (Phi) is 29.4. The van der Waals surface area contributed by atoms with Gasteiger partial charge in [0.05, 0.1) is 0 Å². The van der Waals surface area contributed by atoms with E-state index in [0.717, 1.165) is 18.9 Å². The van der Waals surface area contributed by atoms with Gasteiger partial charge in [-0.3, -0.25) is 4.79 Å². The smallest absolute Gasteiger partial charge is 0.328 e. The lowest BCUT2D eigenvalue weighted by molar-refractivity contribution is -0.137. The molecule has 140 valence electrons. The first-order chi connectivity index (χ1) is 11.5. The average molecular weight is 341 g/mol. The average Bonchev–Trinajstić information content (AvgIpc) is 2.55. The Bertz CT molecular complexity index is 333. The van der Waals surface area contributed by atoms with Crippen molar-refractivity contribution >= 4 is 11.9 Å². The largest absolute Gasteiger partial charge is 0.481 e. The Hall–Kier alpha value is -1.84. The van der Waals surface area contributed by atoms with Crippen LogP contribution in [0.2, 0.25) is 0 Å². The number of hydrogen-bond acceptors (Lipinski definition) is 2. The van der Waals surface area contributed by atoms with Crippen LogP contribution in [-0.2, 0) is 9.59 Å². The molecule has 0 bridgehead atoms. The van der Waals surface area contributed by atoms with Gasteiger partial charge in [-0.25, -0.2) is 4.79 Å². The van der Waals surface area contributed by atoms with Gasteiger partial charge in [0.15, 0.2) is 0 Å². The molecule has 0 radical (unpaired) electrons. The highest BCUT2D eigenvalue weighted by atomic mass is 16.4. The van der Waals surface area contributed by atoms with Crippen molar-refractivity contribution in [2.24, 2.45) is 0 Å². The van der Waals surface area contributed by atoms with E-state index in [-0.39, 0.29) is 0 Å².